The standard InChI is InChI=1S/C14H19N3.C14H20O.CHCl3/c1-2-12-7-6-8-13(11-12)14(16-17-15)9-4-3-5-10-14;1-2-12-7-6-8-13(11-12)14(15)9-4-3-5-10-14;2-1(3)4/h6-8,11H,2-5,9-10H2,1H3;6-8,11,15H,2-5,9-10H2,1H3;1H. The van der Waals surface area contributed by atoms with Crippen LogP contribution in [0.3, 0.4) is 0 Å². The summed E-state index contributed by atoms with van der Waals surface area (Å²) in [6.45, 7) is 4.31. The first-order valence-corrected chi connectivity index (χ1v) is 14.5. The number of aryl methyl sites for hydroxylation is 2. The molecule has 4 rings (SSSR count). The van der Waals surface area contributed by atoms with Gasteiger partial charge in [0.25, 0.3) is 0 Å². The van der Waals surface area contributed by atoms with Gasteiger partial charge in [-0.3, -0.25) is 0 Å². The van der Waals surface area contributed by atoms with E-state index in [0.29, 0.717) is 0 Å². The lowest BCUT2D eigenvalue weighted by molar-refractivity contribution is -0.000686. The third-order valence-corrected chi connectivity index (χ3v) is 7.34. The first kappa shape index (κ1) is 30.8. The van der Waals surface area contributed by atoms with E-state index in [1.165, 1.54) is 29.5 Å². The molecule has 1 N–H and O–H groups in total. The first-order chi connectivity index (χ1) is 17.3. The van der Waals surface area contributed by atoms with Crippen LogP contribution in [-0.2, 0) is 24.0 Å². The van der Waals surface area contributed by atoms with Gasteiger partial charge in [-0.1, -0.05) is 141 Å². The Morgan fingerprint density at radius 3 is 1.72 bits per heavy atom. The Morgan fingerprint density at radius 2 is 1.25 bits per heavy atom. The SMILES string of the molecule is CCc1cccc(C2(N=[N+]=[N-])CCCCC2)c1.CCc1cccc(C2(O)CCCCC2)c1.ClC(Cl)Cl. The van der Waals surface area contributed by atoms with Crippen LogP contribution in [0.5, 0.6) is 0 Å². The Balaban J connectivity index is 0.000000222. The van der Waals surface area contributed by atoms with Crippen molar-refractivity contribution in [3.05, 3.63) is 81.2 Å². The monoisotopic (exact) mass is 551 g/mol. The van der Waals surface area contributed by atoms with Gasteiger partial charge >= 0.3 is 0 Å². The molecule has 2 aromatic carbocycles. The molecule has 2 aromatic rings. The zero-order valence-electron chi connectivity index (χ0n) is 21.6. The van der Waals surface area contributed by atoms with E-state index in [4.69, 9.17) is 40.3 Å². The van der Waals surface area contributed by atoms with Crippen LogP contribution in [0.1, 0.15) is 100 Å². The number of rotatable bonds is 5. The van der Waals surface area contributed by atoms with Crippen molar-refractivity contribution in [2.45, 2.75) is 106 Å². The molecule has 0 saturated heterocycles. The Labute approximate surface area is 232 Å². The molecule has 7 heteroatoms. The highest BCUT2D eigenvalue weighted by molar-refractivity contribution is 6.63. The highest BCUT2D eigenvalue weighted by Crippen LogP contribution is 2.41. The van der Waals surface area contributed by atoms with Crippen molar-refractivity contribution in [2.24, 2.45) is 5.11 Å². The molecule has 4 nitrogen and oxygen atoms in total. The first-order valence-electron chi connectivity index (χ1n) is 13.2. The second-order valence-corrected chi connectivity index (χ2v) is 11.7. The van der Waals surface area contributed by atoms with Crippen LogP contribution in [0.15, 0.2) is 53.6 Å². The van der Waals surface area contributed by atoms with Crippen LogP contribution in [-0.4, -0.2) is 9.40 Å². The van der Waals surface area contributed by atoms with Crippen molar-refractivity contribution < 1.29 is 5.11 Å². The Kier molecular flexibility index (Phi) is 13.5. The van der Waals surface area contributed by atoms with Gasteiger partial charge in [0, 0.05) is 4.91 Å². The number of alkyl halides is 3. The van der Waals surface area contributed by atoms with Crippen LogP contribution in [0.25, 0.3) is 10.4 Å². The molecule has 2 saturated carbocycles. The average Bonchev–Trinajstić information content (AvgIpc) is 2.90. The number of benzene rings is 2. The predicted molar refractivity (Wildman–Crippen MR) is 154 cm³/mol. The van der Waals surface area contributed by atoms with E-state index < -0.39 is 9.90 Å². The molecule has 0 unspecified atom stereocenters. The van der Waals surface area contributed by atoms with Crippen molar-refractivity contribution >= 4 is 34.8 Å². The van der Waals surface area contributed by atoms with Crippen LogP contribution in [0.2, 0.25) is 0 Å². The largest absolute Gasteiger partial charge is 0.385 e. The van der Waals surface area contributed by atoms with Crippen molar-refractivity contribution in [3.63, 3.8) is 0 Å². The molecule has 2 aliphatic carbocycles. The minimum Gasteiger partial charge on any atom is -0.385 e. The third kappa shape index (κ3) is 9.47. The molecular weight excluding hydrogens is 513 g/mol. The van der Waals surface area contributed by atoms with Gasteiger partial charge in [-0.05, 0) is 66.3 Å². The summed E-state index contributed by atoms with van der Waals surface area (Å²) in [6, 6.07) is 17.0. The summed E-state index contributed by atoms with van der Waals surface area (Å²) >= 11 is 14.4. The van der Waals surface area contributed by atoms with Gasteiger partial charge in [-0.25, -0.2) is 0 Å². The molecule has 0 radical (unpaired) electrons. The minimum atomic E-state index is -0.750. The fourth-order valence-electron chi connectivity index (χ4n) is 5.26. The molecule has 36 heavy (non-hydrogen) atoms. The van der Waals surface area contributed by atoms with E-state index in [2.05, 4.69) is 72.4 Å². The van der Waals surface area contributed by atoms with Gasteiger partial charge in [0.05, 0.1) is 11.1 Å². The summed E-state index contributed by atoms with van der Waals surface area (Å²) in [5, 5.41) is 14.7. The number of aliphatic hydroxyl groups is 1. The zero-order valence-corrected chi connectivity index (χ0v) is 23.9. The fraction of sp³-hybridized carbons (Fsp3) is 0.586. The van der Waals surface area contributed by atoms with E-state index in [-0.39, 0.29) is 5.54 Å². The second-order valence-electron chi connectivity index (χ2n) is 9.73. The molecule has 198 valence electrons. The molecule has 0 aromatic heterocycles. The maximum absolute atomic E-state index is 10.6. The lowest BCUT2D eigenvalue weighted by Gasteiger charge is -2.33. The lowest BCUT2D eigenvalue weighted by Crippen LogP contribution is -2.28. The fourth-order valence-corrected chi connectivity index (χ4v) is 5.26. The maximum Gasteiger partial charge on any atom is 0.180 e. The summed E-state index contributed by atoms with van der Waals surface area (Å²) in [4.78, 5) is 3.09. The molecule has 0 amide bonds. The topological polar surface area (TPSA) is 69.0 Å². The Bertz CT molecular complexity index is 961. The third-order valence-electron chi connectivity index (χ3n) is 7.34. The molecule has 2 aliphatic rings. The molecule has 0 heterocycles. The number of halogens is 3. The molecular formula is C29H40Cl3N3O. The normalized spacial score (nSPS) is 18.1. The number of hydrogen-bond donors (Lipinski definition) is 1. The van der Waals surface area contributed by atoms with E-state index in [9.17, 15) is 5.11 Å². The summed E-state index contributed by atoms with van der Waals surface area (Å²) in [5.74, 6) is 0. The predicted octanol–water partition coefficient (Wildman–Crippen LogP) is 10.1. The van der Waals surface area contributed by atoms with E-state index in [1.54, 1.807) is 0 Å². The van der Waals surface area contributed by atoms with Gasteiger partial charge < -0.3 is 5.11 Å². The summed E-state index contributed by atoms with van der Waals surface area (Å²) in [6.07, 6.45) is 13.1. The highest BCUT2D eigenvalue weighted by Gasteiger charge is 2.33. The summed E-state index contributed by atoms with van der Waals surface area (Å²) < 4.78 is -0.750. The van der Waals surface area contributed by atoms with Crippen molar-refractivity contribution in [1.29, 1.82) is 0 Å². The summed E-state index contributed by atoms with van der Waals surface area (Å²) in [5.41, 5.74) is 13.0. The molecule has 0 bridgehead atoms. The van der Waals surface area contributed by atoms with Crippen LogP contribution < -0.4 is 0 Å². The summed E-state index contributed by atoms with van der Waals surface area (Å²) in [7, 11) is 0. The molecule has 0 aliphatic heterocycles. The Hall–Kier alpha value is -1.42. The van der Waals surface area contributed by atoms with Gasteiger partial charge in [0.1, 0.15) is 0 Å². The van der Waals surface area contributed by atoms with Gasteiger partial charge in [0.2, 0.25) is 0 Å². The Morgan fingerprint density at radius 1 is 0.806 bits per heavy atom. The van der Waals surface area contributed by atoms with Crippen molar-refractivity contribution in [3.8, 4) is 0 Å². The average molecular weight is 553 g/mol. The van der Waals surface area contributed by atoms with Gasteiger partial charge in [-0.2, -0.15) is 0 Å². The van der Waals surface area contributed by atoms with E-state index >= 15 is 0 Å². The highest BCUT2D eigenvalue weighted by atomic mass is 35.6. The molecule has 0 spiro atoms. The van der Waals surface area contributed by atoms with Crippen LogP contribution in [0, 0.1) is 0 Å². The lowest BCUT2D eigenvalue weighted by atomic mass is 9.77. The van der Waals surface area contributed by atoms with Gasteiger partial charge in [0.15, 0.2) is 4.30 Å². The van der Waals surface area contributed by atoms with E-state index in [0.717, 1.165) is 69.8 Å². The van der Waals surface area contributed by atoms with Crippen LogP contribution in [0.4, 0.5) is 0 Å². The quantitative estimate of drug-likeness (QED) is 0.170. The van der Waals surface area contributed by atoms with E-state index in [1.807, 2.05) is 0 Å². The smallest absolute Gasteiger partial charge is 0.180 e. The number of hydrogen-bond acceptors (Lipinski definition) is 2. The molecule has 0 atom stereocenters. The number of nitrogens with zero attached hydrogens (tertiary/aromatic N) is 3. The maximum atomic E-state index is 10.6. The molecule has 2 fully saturated rings. The second kappa shape index (κ2) is 15.7. The minimum absolute atomic E-state index is 0.280. The zero-order chi connectivity index (χ0) is 26.4. The number of azide groups is 1. The van der Waals surface area contributed by atoms with Gasteiger partial charge in [-0.15, -0.1) is 0 Å². The van der Waals surface area contributed by atoms with Crippen LogP contribution >= 0.6 is 34.8 Å². The van der Waals surface area contributed by atoms with Crippen molar-refractivity contribution in [1.82, 2.24) is 0 Å². The van der Waals surface area contributed by atoms with Crippen molar-refractivity contribution in [2.75, 3.05) is 0 Å².